The molecule has 0 saturated carbocycles. The highest BCUT2D eigenvalue weighted by Gasteiger charge is 2.04. The monoisotopic (exact) mass is 182 g/mol. The van der Waals surface area contributed by atoms with Gasteiger partial charge in [0, 0.05) is 0 Å². The largest absolute Gasteiger partial charge is 0.234 e. The number of carbonyl (C=O) groups excluding carboxylic acids is 2. The Balaban J connectivity index is 3.61. The molecule has 4 nitrogen and oxygen atoms in total. The Morgan fingerprint density at radius 1 is 1.08 bits per heavy atom. The van der Waals surface area contributed by atoms with Crippen LogP contribution in [0.5, 0.6) is 0 Å². The van der Waals surface area contributed by atoms with Gasteiger partial charge in [0.25, 0.3) is 0 Å². The molecule has 0 aliphatic heterocycles. The van der Waals surface area contributed by atoms with E-state index in [4.69, 9.17) is 0 Å². The average molecular weight is 182 g/mol. The zero-order valence-corrected chi connectivity index (χ0v) is 7.82. The Kier molecular flexibility index (Phi) is 8.01. The van der Waals surface area contributed by atoms with Crippen molar-refractivity contribution in [3.8, 4) is 0 Å². The Morgan fingerprint density at radius 3 is 1.85 bits per heavy atom. The minimum atomic E-state index is 0.481. The third-order valence-corrected chi connectivity index (χ3v) is 2.00. The van der Waals surface area contributed by atoms with E-state index in [0.29, 0.717) is 19.0 Å². The van der Waals surface area contributed by atoms with E-state index in [-0.39, 0.29) is 0 Å². The Labute approximate surface area is 77.8 Å². The molecule has 0 rings (SSSR count). The van der Waals surface area contributed by atoms with Crippen LogP contribution in [0.3, 0.4) is 0 Å². The van der Waals surface area contributed by atoms with Crippen molar-refractivity contribution < 1.29 is 9.59 Å². The molecule has 0 aromatic rings. The second-order valence-electron chi connectivity index (χ2n) is 2.80. The van der Waals surface area contributed by atoms with Crippen molar-refractivity contribution in [2.45, 2.75) is 26.2 Å². The van der Waals surface area contributed by atoms with Crippen molar-refractivity contribution in [3.63, 3.8) is 0 Å². The summed E-state index contributed by atoms with van der Waals surface area (Å²) >= 11 is 0. The number of rotatable bonds is 7. The molecule has 0 bridgehead atoms. The Hall–Kier alpha value is -1.24. The van der Waals surface area contributed by atoms with Crippen LogP contribution in [0.25, 0.3) is 0 Å². The minimum Gasteiger partial charge on any atom is -0.211 e. The third-order valence-electron chi connectivity index (χ3n) is 2.00. The van der Waals surface area contributed by atoms with Crippen molar-refractivity contribution in [3.05, 3.63) is 0 Å². The van der Waals surface area contributed by atoms with Gasteiger partial charge in [-0.1, -0.05) is 13.3 Å². The van der Waals surface area contributed by atoms with Crippen molar-refractivity contribution in [2.24, 2.45) is 15.9 Å². The van der Waals surface area contributed by atoms with Crippen LogP contribution in [0.1, 0.15) is 26.2 Å². The second kappa shape index (κ2) is 8.85. The maximum absolute atomic E-state index is 9.77. The Morgan fingerprint density at radius 2 is 1.54 bits per heavy atom. The molecule has 0 aromatic heterocycles. The molecule has 0 aromatic carbocycles. The molecule has 72 valence electrons. The molecule has 0 fully saturated rings. The summed E-state index contributed by atoms with van der Waals surface area (Å²) in [5, 5.41) is 0. The highest BCUT2D eigenvalue weighted by atomic mass is 16.1. The van der Waals surface area contributed by atoms with Crippen LogP contribution in [0.4, 0.5) is 0 Å². The molecule has 0 aliphatic rings. The summed E-state index contributed by atoms with van der Waals surface area (Å²) in [6, 6.07) is 0. The zero-order valence-electron chi connectivity index (χ0n) is 7.82. The van der Waals surface area contributed by atoms with Gasteiger partial charge in [-0.3, -0.25) is 0 Å². The summed E-state index contributed by atoms with van der Waals surface area (Å²) < 4.78 is 0. The summed E-state index contributed by atoms with van der Waals surface area (Å²) in [7, 11) is 0. The lowest BCUT2D eigenvalue weighted by molar-refractivity contribution is 0.448. The molecular formula is C9H14N2O2. The van der Waals surface area contributed by atoms with E-state index in [1.54, 1.807) is 0 Å². The van der Waals surface area contributed by atoms with E-state index >= 15 is 0 Å². The van der Waals surface area contributed by atoms with Gasteiger partial charge in [0.2, 0.25) is 12.2 Å². The summed E-state index contributed by atoms with van der Waals surface area (Å²) in [5.41, 5.74) is 0. The summed E-state index contributed by atoms with van der Waals surface area (Å²) in [6.07, 6.45) is 5.75. The van der Waals surface area contributed by atoms with Gasteiger partial charge >= 0.3 is 0 Å². The highest BCUT2D eigenvalue weighted by molar-refractivity contribution is 5.33. The summed E-state index contributed by atoms with van der Waals surface area (Å²) in [6.45, 7) is 3.11. The van der Waals surface area contributed by atoms with E-state index in [1.807, 2.05) is 0 Å². The van der Waals surface area contributed by atoms with Gasteiger partial charge in [0.15, 0.2) is 0 Å². The van der Waals surface area contributed by atoms with Crippen LogP contribution < -0.4 is 0 Å². The van der Waals surface area contributed by atoms with Gasteiger partial charge in [0.1, 0.15) is 0 Å². The number of hydrogen-bond donors (Lipinski definition) is 0. The van der Waals surface area contributed by atoms with Gasteiger partial charge in [-0.25, -0.2) is 19.6 Å². The maximum Gasteiger partial charge on any atom is 0.234 e. The normalized spacial score (nSPS) is 11.2. The molecule has 0 atom stereocenters. The first-order chi connectivity index (χ1) is 6.35. The molecule has 0 heterocycles. The van der Waals surface area contributed by atoms with E-state index in [1.165, 1.54) is 12.2 Å². The van der Waals surface area contributed by atoms with E-state index in [9.17, 15) is 9.59 Å². The lowest BCUT2D eigenvalue weighted by atomic mass is 9.99. The Bertz CT molecular complexity index is 194. The van der Waals surface area contributed by atoms with Crippen LogP contribution in [0.15, 0.2) is 9.98 Å². The lowest BCUT2D eigenvalue weighted by Gasteiger charge is -2.09. The smallest absolute Gasteiger partial charge is 0.211 e. The van der Waals surface area contributed by atoms with Crippen molar-refractivity contribution in [1.82, 2.24) is 0 Å². The first-order valence-electron chi connectivity index (χ1n) is 4.42. The predicted octanol–water partition coefficient (Wildman–Crippen LogP) is 1.46. The fourth-order valence-electron chi connectivity index (χ4n) is 1.14. The van der Waals surface area contributed by atoms with Crippen LogP contribution in [0, 0.1) is 5.92 Å². The molecule has 0 radical (unpaired) electrons. The van der Waals surface area contributed by atoms with Gasteiger partial charge < -0.3 is 0 Å². The van der Waals surface area contributed by atoms with Crippen LogP contribution in [-0.2, 0) is 9.59 Å². The van der Waals surface area contributed by atoms with E-state index < -0.39 is 0 Å². The van der Waals surface area contributed by atoms with Gasteiger partial charge in [0.05, 0.1) is 13.1 Å². The SMILES string of the molecule is CCC(CCN=C=O)CCN=C=O. The molecule has 4 heteroatoms. The summed E-state index contributed by atoms with van der Waals surface area (Å²) in [4.78, 5) is 26.5. The number of isocyanates is 2. The van der Waals surface area contributed by atoms with Crippen molar-refractivity contribution in [2.75, 3.05) is 13.1 Å². The van der Waals surface area contributed by atoms with Gasteiger partial charge in [-0.2, -0.15) is 0 Å². The summed E-state index contributed by atoms with van der Waals surface area (Å²) in [5.74, 6) is 0.481. The first kappa shape index (κ1) is 11.8. The first-order valence-corrected chi connectivity index (χ1v) is 4.42. The molecule has 0 unspecified atom stereocenters. The zero-order chi connectivity index (χ0) is 9.94. The fraction of sp³-hybridized carbons (Fsp3) is 0.778. The van der Waals surface area contributed by atoms with Crippen molar-refractivity contribution >= 4 is 12.2 Å². The third kappa shape index (κ3) is 7.13. The molecule has 13 heavy (non-hydrogen) atoms. The predicted molar refractivity (Wildman–Crippen MR) is 49.0 cm³/mol. The van der Waals surface area contributed by atoms with Crippen LogP contribution in [-0.4, -0.2) is 25.2 Å². The van der Waals surface area contributed by atoms with Gasteiger partial charge in [-0.15, -0.1) is 0 Å². The molecule has 0 saturated heterocycles. The molecule has 0 aliphatic carbocycles. The quantitative estimate of drug-likeness (QED) is 0.442. The molecular weight excluding hydrogens is 168 g/mol. The number of aliphatic imine (C=N–C) groups is 2. The number of nitrogens with zero attached hydrogens (tertiary/aromatic N) is 2. The molecule has 0 spiro atoms. The van der Waals surface area contributed by atoms with Crippen LogP contribution >= 0.6 is 0 Å². The standard InChI is InChI=1S/C9H14N2O2/c1-2-9(3-5-10-7-12)4-6-11-8-13/h9H,2-6H2,1H3. The van der Waals surface area contributed by atoms with Crippen molar-refractivity contribution in [1.29, 1.82) is 0 Å². The topological polar surface area (TPSA) is 58.9 Å². The maximum atomic E-state index is 9.77. The van der Waals surface area contributed by atoms with E-state index in [0.717, 1.165) is 19.3 Å². The average Bonchev–Trinajstić information content (AvgIpc) is 2.16. The molecule has 0 amide bonds. The fourth-order valence-corrected chi connectivity index (χ4v) is 1.14. The minimum absolute atomic E-state index is 0.481. The van der Waals surface area contributed by atoms with Crippen LogP contribution in [0.2, 0.25) is 0 Å². The lowest BCUT2D eigenvalue weighted by Crippen LogP contribution is -2.02. The molecule has 0 N–H and O–H groups in total. The van der Waals surface area contributed by atoms with E-state index in [2.05, 4.69) is 16.9 Å². The highest BCUT2D eigenvalue weighted by Crippen LogP contribution is 2.12. The number of hydrogen-bond acceptors (Lipinski definition) is 4. The van der Waals surface area contributed by atoms with Gasteiger partial charge in [-0.05, 0) is 18.8 Å². The second-order valence-corrected chi connectivity index (χ2v) is 2.80.